The SMILES string of the molecule is COc1cc(C(F)(F)[C@H](NS(=O)(=O)c2ccc(OCC3CCCCC3)cc2)C(=O)N2C3CCC2CC(N)C3)ccc1Br. The quantitative estimate of drug-likeness (QED) is 0.354. The van der Waals surface area contributed by atoms with Crippen molar-refractivity contribution < 1.29 is 31.5 Å². The molecule has 1 saturated carbocycles. The Morgan fingerprint density at radius 1 is 1.07 bits per heavy atom. The highest BCUT2D eigenvalue weighted by Crippen LogP contribution is 2.41. The summed E-state index contributed by atoms with van der Waals surface area (Å²) < 4.78 is 73.3. The summed E-state index contributed by atoms with van der Waals surface area (Å²) in [6.07, 6.45) is 8.07. The molecular formula is C30H38BrF2N3O5S. The molecule has 12 heteroatoms. The molecule has 2 saturated heterocycles. The molecule has 42 heavy (non-hydrogen) atoms. The number of alkyl halides is 2. The molecule has 8 nitrogen and oxygen atoms in total. The molecule has 2 aliphatic heterocycles. The monoisotopic (exact) mass is 669 g/mol. The number of halogens is 3. The Hall–Kier alpha value is -2.28. The van der Waals surface area contributed by atoms with E-state index in [-0.39, 0.29) is 28.8 Å². The lowest BCUT2D eigenvalue weighted by atomic mass is 9.90. The van der Waals surface area contributed by atoms with Crippen LogP contribution in [0, 0.1) is 5.92 Å². The van der Waals surface area contributed by atoms with Crippen molar-refractivity contribution in [1.29, 1.82) is 0 Å². The van der Waals surface area contributed by atoms with E-state index in [4.69, 9.17) is 15.2 Å². The maximum Gasteiger partial charge on any atom is 0.298 e. The molecular weight excluding hydrogens is 632 g/mol. The molecule has 3 fully saturated rings. The van der Waals surface area contributed by atoms with Gasteiger partial charge in [-0.05, 0) is 96.8 Å². The van der Waals surface area contributed by atoms with Crippen molar-refractivity contribution in [2.75, 3.05) is 13.7 Å². The average Bonchev–Trinajstić information content (AvgIpc) is 3.25. The lowest BCUT2D eigenvalue weighted by molar-refractivity contribution is -0.149. The number of carbonyl (C=O) groups excluding carboxylic acids is 1. The number of benzene rings is 2. The molecule has 0 radical (unpaired) electrons. The third-order valence-corrected chi connectivity index (χ3v) is 10.9. The van der Waals surface area contributed by atoms with Crippen molar-refractivity contribution in [3.05, 3.63) is 52.5 Å². The summed E-state index contributed by atoms with van der Waals surface area (Å²) in [5.41, 5.74) is 5.60. The van der Waals surface area contributed by atoms with Crippen LogP contribution in [-0.4, -0.2) is 57.1 Å². The minimum atomic E-state index is -4.53. The number of fused-ring (bicyclic) bond motifs is 2. The standard InChI is InChI=1S/C30H38BrF2N3O5S/c1-40-27-15-20(7-14-26(27)31)30(32,33)28(29(37)36-22-8-9-23(36)17-21(34)16-22)35-42(38,39)25-12-10-24(11-13-25)41-18-19-5-3-2-4-6-19/h7,10-15,19,21-23,28,35H,2-6,8-9,16-18,34H2,1H3/t21?,22?,23?,28-/m1/s1. The summed E-state index contributed by atoms with van der Waals surface area (Å²) in [6.45, 7) is 0.547. The number of nitrogens with zero attached hydrogens (tertiary/aromatic N) is 1. The average molecular weight is 671 g/mol. The first-order valence-corrected chi connectivity index (χ1v) is 16.8. The Morgan fingerprint density at radius 3 is 2.33 bits per heavy atom. The van der Waals surface area contributed by atoms with E-state index in [0.29, 0.717) is 48.4 Å². The third kappa shape index (κ3) is 6.61. The second-order valence-electron chi connectivity index (χ2n) is 11.7. The molecule has 2 aromatic rings. The van der Waals surface area contributed by atoms with Crippen LogP contribution >= 0.6 is 15.9 Å². The Labute approximate surface area is 254 Å². The number of hydrogen-bond acceptors (Lipinski definition) is 6. The van der Waals surface area contributed by atoms with Crippen LogP contribution in [0.2, 0.25) is 0 Å². The second-order valence-corrected chi connectivity index (χ2v) is 14.2. The fourth-order valence-electron chi connectivity index (χ4n) is 6.55. The Kier molecular flexibility index (Phi) is 9.46. The number of carbonyl (C=O) groups is 1. The Bertz CT molecular complexity index is 1360. The highest BCUT2D eigenvalue weighted by Gasteiger charge is 2.53. The number of methoxy groups -OCH3 is 1. The van der Waals surface area contributed by atoms with E-state index in [1.807, 2.05) is 0 Å². The van der Waals surface area contributed by atoms with Crippen LogP contribution in [0.4, 0.5) is 8.78 Å². The van der Waals surface area contributed by atoms with Crippen LogP contribution < -0.4 is 19.9 Å². The predicted molar refractivity (Wildman–Crippen MR) is 158 cm³/mol. The lowest BCUT2D eigenvalue weighted by Crippen LogP contribution is -2.60. The second kappa shape index (κ2) is 12.8. The predicted octanol–water partition coefficient (Wildman–Crippen LogP) is 5.34. The van der Waals surface area contributed by atoms with E-state index in [0.717, 1.165) is 25.0 Å². The highest BCUT2D eigenvalue weighted by atomic mass is 79.9. The van der Waals surface area contributed by atoms with Gasteiger partial charge >= 0.3 is 0 Å². The van der Waals surface area contributed by atoms with Crippen molar-refractivity contribution in [3.8, 4) is 11.5 Å². The molecule has 3 atom stereocenters. The smallest absolute Gasteiger partial charge is 0.298 e. The van der Waals surface area contributed by atoms with E-state index in [9.17, 15) is 13.2 Å². The van der Waals surface area contributed by atoms with Crippen LogP contribution in [-0.2, 0) is 20.7 Å². The van der Waals surface area contributed by atoms with Crippen LogP contribution in [0.3, 0.4) is 0 Å². The molecule has 1 aliphatic carbocycles. The summed E-state index contributed by atoms with van der Waals surface area (Å²) in [5.74, 6) is -3.76. The van der Waals surface area contributed by atoms with E-state index < -0.39 is 33.5 Å². The Morgan fingerprint density at radius 2 is 1.71 bits per heavy atom. The van der Waals surface area contributed by atoms with Crippen LogP contribution in [0.15, 0.2) is 51.8 Å². The molecule has 3 N–H and O–H groups in total. The van der Waals surface area contributed by atoms with Gasteiger partial charge in [0.05, 0.1) is 23.1 Å². The molecule has 3 aliphatic rings. The zero-order valence-electron chi connectivity index (χ0n) is 23.6. The van der Waals surface area contributed by atoms with E-state index in [1.165, 1.54) is 61.6 Å². The van der Waals surface area contributed by atoms with Crippen molar-refractivity contribution in [3.63, 3.8) is 0 Å². The van der Waals surface area contributed by atoms with Gasteiger partial charge in [-0.25, -0.2) is 8.42 Å². The first kappa shape index (κ1) is 31.2. The molecule has 1 amide bonds. The summed E-state index contributed by atoms with van der Waals surface area (Å²) in [7, 11) is -3.20. The van der Waals surface area contributed by atoms with Gasteiger partial charge in [-0.3, -0.25) is 4.79 Å². The van der Waals surface area contributed by atoms with Gasteiger partial charge in [0, 0.05) is 23.7 Å². The van der Waals surface area contributed by atoms with E-state index in [2.05, 4.69) is 20.7 Å². The number of piperidine rings is 1. The number of nitrogens with one attached hydrogen (secondary N) is 1. The molecule has 0 spiro atoms. The molecule has 2 aromatic carbocycles. The molecule has 5 rings (SSSR count). The van der Waals surface area contributed by atoms with Gasteiger partial charge < -0.3 is 20.1 Å². The number of amides is 1. The molecule has 0 aromatic heterocycles. The topological polar surface area (TPSA) is 111 Å². The summed E-state index contributed by atoms with van der Waals surface area (Å²) in [6, 6.07) is 6.16. The van der Waals surface area contributed by atoms with Gasteiger partial charge in [-0.1, -0.05) is 25.3 Å². The molecule has 2 heterocycles. The van der Waals surface area contributed by atoms with Crippen LogP contribution in [0.25, 0.3) is 0 Å². The first-order valence-electron chi connectivity index (χ1n) is 14.5. The normalized spacial score (nSPS) is 23.9. The first-order chi connectivity index (χ1) is 20.0. The highest BCUT2D eigenvalue weighted by molar-refractivity contribution is 9.10. The van der Waals surface area contributed by atoms with E-state index >= 15 is 8.78 Å². The molecule has 2 unspecified atom stereocenters. The van der Waals surface area contributed by atoms with Gasteiger partial charge in [-0.15, -0.1) is 0 Å². The van der Waals surface area contributed by atoms with Crippen molar-refractivity contribution in [1.82, 2.24) is 9.62 Å². The van der Waals surface area contributed by atoms with Gasteiger partial charge in [0.25, 0.3) is 5.92 Å². The van der Waals surface area contributed by atoms with Gasteiger partial charge in [0.2, 0.25) is 15.9 Å². The van der Waals surface area contributed by atoms with Gasteiger partial charge in [-0.2, -0.15) is 13.5 Å². The van der Waals surface area contributed by atoms with Crippen molar-refractivity contribution >= 4 is 31.9 Å². The third-order valence-electron chi connectivity index (χ3n) is 8.79. The number of ether oxygens (including phenoxy) is 2. The minimum absolute atomic E-state index is 0.128. The zero-order valence-corrected chi connectivity index (χ0v) is 26.0. The molecule has 2 bridgehead atoms. The fraction of sp³-hybridized carbons (Fsp3) is 0.567. The maximum atomic E-state index is 16.3. The van der Waals surface area contributed by atoms with Gasteiger partial charge in [0.1, 0.15) is 11.5 Å². The number of hydrogen-bond donors (Lipinski definition) is 2. The van der Waals surface area contributed by atoms with E-state index in [1.54, 1.807) is 0 Å². The Balaban J connectivity index is 1.41. The van der Waals surface area contributed by atoms with Crippen LogP contribution in [0.5, 0.6) is 11.5 Å². The largest absolute Gasteiger partial charge is 0.496 e. The number of nitrogens with two attached hydrogens (primary N) is 1. The van der Waals surface area contributed by atoms with Crippen molar-refractivity contribution in [2.45, 2.75) is 92.8 Å². The summed E-state index contributed by atoms with van der Waals surface area (Å²) >= 11 is 3.26. The zero-order chi connectivity index (χ0) is 30.1. The fourth-order valence-corrected chi connectivity index (χ4v) is 8.15. The summed E-state index contributed by atoms with van der Waals surface area (Å²) in [4.78, 5) is 15.1. The van der Waals surface area contributed by atoms with Crippen LogP contribution in [0.1, 0.15) is 63.4 Å². The van der Waals surface area contributed by atoms with Gasteiger partial charge in [0.15, 0.2) is 6.04 Å². The molecule has 230 valence electrons. The number of sulfonamides is 1. The number of rotatable bonds is 10. The summed E-state index contributed by atoms with van der Waals surface area (Å²) in [5, 5.41) is 0. The lowest BCUT2D eigenvalue weighted by Gasteiger charge is -2.41. The maximum absolute atomic E-state index is 16.3. The minimum Gasteiger partial charge on any atom is -0.496 e. The van der Waals surface area contributed by atoms with Crippen molar-refractivity contribution in [2.24, 2.45) is 11.7 Å².